The summed E-state index contributed by atoms with van der Waals surface area (Å²) in [6.07, 6.45) is 7.43. The lowest BCUT2D eigenvalue weighted by Crippen LogP contribution is -2.41. The number of amides is 1. The highest BCUT2D eigenvalue weighted by Gasteiger charge is 2.25. The lowest BCUT2D eigenvalue weighted by atomic mass is 9.95. The molecule has 1 aromatic carbocycles. The molecule has 0 saturated carbocycles. The minimum atomic E-state index is -0.419. The van der Waals surface area contributed by atoms with Crippen LogP contribution in [0.1, 0.15) is 51.7 Å². The van der Waals surface area contributed by atoms with Crippen LogP contribution in [0.25, 0.3) is 6.08 Å². The first-order chi connectivity index (χ1) is 10.9. The fraction of sp³-hybridized carbons (Fsp3) is 0.550. The van der Waals surface area contributed by atoms with Gasteiger partial charge in [0.2, 0.25) is 0 Å². The Morgan fingerprint density at radius 1 is 1.26 bits per heavy atom. The van der Waals surface area contributed by atoms with Crippen LogP contribution in [-0.4, -0.2) is 29.7 Å². The molecule has 1 amide bonds. The number of rotatable bonds is 3. The number of hydrogen-bond acceptors (Lipinski definition) is 2. The number of allylic oxidation sites excluding steroid dienone is 1. The minimum absolute atomic E-state index is 0.184. The molecule has 0 radical (unpaired) electrons. The number of ether oxygens (including phenoxy) is 1. The van der Waals surface area contributed by atoms with Crippen LogP contribution in [0.2, 0.25) is 0 Å². The number of aryl methyl sites for hydroxylation is 1. The fourth-order valence-electron chi connectivity index (χ4n) is 2.86. The van der Waals surface area contributed by atoms with E-state index < -0.39 is 5.60 Å². The molecule has 1 fully saturated rings. The Bertz CT molecular complexity index is 549. The van der Waals surface area contributed by atoms with Crippen molar-refractivity contribution < 1.29 is 9.53 Å². The Balaban J connectivity index is 1.87. The van der Waals surface area contributed by atoms with Crippen LogP contribution in [0, 0.1) is 5.92 Å². The number of likely N-dealkylation sites (tertiary alicyclic amines) is 1. The third-order valence-electron chi connectivity index (χ3n) is 4.18. The summed E-state index contributed by atoms with van der Waals surface area (Å²) in [6, 6.07) is 8.54. The molecule has 2 rings (SSSR count). The van der Waals surface area contributed by atoms with Gasteiger partial charge in [0.1, 0.15) is 5.60 Å². The number of hydrogen-bond donors (Lipinski definition) is 0. The summed E-state index contributed by atoms with van der Waals surface area (Å²) in [5, 5.41) is 0. The van der Waals surface area contributed by atoms with Gasteiger partial charge >= 0.3 is 6.09 Å². The quantitative estimate of drug-likeness (QED) is 0.793. The molecule has 0 unspecified atom stereocenters. The van der Waals surface area contributed by atoms with E-state index in [1.165, 1.54) is 11.1 Å². The van der Waals surface area contributed by atoms with Crippen LogP contribution in [0.5, 0.6) is 0 Å². The van der Waals surface area contributed by atoms with E-state index in [4.69, 9.17) is 4.74 Å². The van der Waals surface area contributed by atoms with Crippen molar-refractivity contribution in [3.8, 4) is 0 Å². The zero-order chi connectivity index (χ0) is 16.9. The Morgan fingerprint density at radius 3 is 2.52 bits per heavy atom. The van der Waals surface area contributed by atoms with E-state index in [0.29, 0.717) is 5.92 Å². The normalized spacial score (nSPS) is 16.8. The summed E-state index contributed by atoms with van der Waals surface area (Å²) in [5.74, 6) is 0.540. The highest BCUT2D eigenvalue weighted by Crippen LogP contribution is 2.22. The molecular weight excluding hydrogens is 286 g/mol. The van der Waals surface area contributed by atoms with Gasteiger partial charge in [-0.15, -0.1) is 0 Å². The molecule has 1 aliphatic rings. The predicted molar refractivity (Wildman–Crippen MR) is 95.4 cm³/mol. The van der Waals surface area contributed by atoms with Crippen molar-refractivity contribution in [2.45, 2.75) is 52.6 Å². The van der Waals surface area contributed by atoms with Gasteiger partial charge in [-0.3, -0.25) is 0 Å². The minimum Gasteiger partial charge on any atom is -0.444 e. The van der Waals surface area contributed by atoms with E-state index in [-0.39, 0.29) is 6.09 Å². The van der Waals surface area contributed by atoms with Crippen molar-refractivity contribution in [3.63, 3.8) is 0 Å². The van der Waals surface area contributed by atoms with Gasteiger partial charge in [-0.2, -0.15) is 0 Å². The lowest BCUT2D eigenvalue weighted by Gasteiger charge is -2.32. The topological polar surface area (TPSA) is 29.5 Å². The molecule has 126 valence electrons. The molecule has 0 atom stereocenters. The van der Waals surface area contributed by atoms with Crippen molar-refractivity contribution in [3.05, 3.63) is 41.5 Å². The largest absolute Gasteiger partial charge is 0.444 e. The van der Waals surface area contributed by atoms with E-state index in [0.717, 1.165) is 32.4 Å². The van der Waals surface area contributed by atoms with Crippen molar-refractivity contribution >= 4 is 12.2 Å². The maximum Gasteiger partial charge on any atom is 0.410 e. The lowest BCUT2D eigenvalue weighted by molar-refractivity contribution is 0.0197. The number of piperidine rings is 1. The summed E-state index contributed by atoms with van der Waals surface area (Å²) in [4.78, 5) is 13.9. The van der Waals surface area contributed by atoms with Gasteiger partial charge in [-0.1, -0.05) is 43.3 Å². The second kappa shape index (κ2) is 7.67. The molecule has 1 heterocycles. The summed E-state index contributed by atoms with van der Waals surface area (Å²) in [5.41, 5.74) is 2.28. The van der Waals surface area contributed by atoms with E-state index in [2.05, 4.69) is 43.3 Å². The molecular formula is C20H29NO2. The smallest absolute Gasteiger partial charge is 0.410 e. The van der Waals surface area contributed by atoms with Crippen LogP contribution in [0.15, 0.2) is 30.3 Å². The first kappa shape index (κ1) is 17.6. The van der Waals surface area contributed by atoms with Crippen LogP contribution in [-0.2, 0) is 11.2 Å². The first-order valence-corrected chi connectivity index (χ1v) is 8.63. The van der Waals surface area contributed by atoms with Crippen LogP contribution < -0.4 is 0 Å². The molecule has 0 bridgehead atoms. The molecule has 0 aliphatic carbocycles. The van der Waals surface area contributed by atoms with Crippen molar-refractivity contribution in [2.24, 2.45) is 5.92 Å². The van der Waals surface area contributed by atoms with Gasteiger partial charge in [-0.25, -0.2) is 4.79 Å². The van der Waals surface area contributed by atoms with E-state index in [9.17, 15) is 4.79 Å². The zero-order valence-corrected chi connectivity index (χ0v) is 14.8. The second-order valence-electron chi connectivity index (χ2n) is 7.22. The number of carbonyl (C=O) groups excluding carboxylic acids is 1. The number of carbonyl (C=O) groups is 1. The fourth-order valence-corrected chi connectivity index (χ4v) is 2.86. The molecule has 23 heavy (non-hydrogen) atoms. The summed E-state index contributed by atoms with van der Waals surface area (Å²) in [7, 11) is 0. The SMILES string of the molecule is CCc1ccccc1/C=C/C1CCN(C(=O)OC(C)(C)C)CC1. The molecule has 0 spiro atoms. The van der Waals surface area contributed by atoms with Gasteiger partial charge in [0.15, 0.2) is 0 Å². The van der Waals surface area contributed by atoms with E-state index in [1.807, 2.05) is 25.7 Å². The monoisotopic (exact) mass is 315 g/mol. The van der Waals surface area contributed by atoms with Crippen LogP contribution in [0.3, 0.4) is 0 Å². The number of benzene rings is 1. The average molecular weight is 315 g/mol. The molecule has 3 heteroatoms. The highest BCUT2D eigenvalue weighted by atomic mass is 16.6. The Hall–Kier alpha value is -1.77. The number of nitrogens with zero attached hydrogens (tertiary/aromatic N) is 1. The van der Waals surface area contributed by atoms with Gasteiger partial charge < -0.3 is 9.64 Å². The molecule has 1 aromatic rings. The third-order valence-corrected chi connectivity index (χ3v) is 4.18. The van der Waals surface area contributed by atoms with Crippen LogP contribution in [0.4, 0.5) is 4.79 Å². The average Bonchev–Trinajstić information content (AvgIpc) is 2.52. The Labute approximate surface area is 140 Å². The molecule has 0 aromatic heterocycles. The standard InChI is InChI=1S/C20H29NO2/c1-5-17-8-6-7-9-18(17)11-10-16-12-14-21(15-13-16)19(22)23-20(2,3)4/h6-11,16H,5,12-15H2,1-4H3/b11-10+. The molecule has 3 nitrogen and oxygen atoms in total. The van der Waals surface area contributed by atoms with Crippen molar-refractivity contribution in [1.29, 1.82) is 0 Å². The second-order valence-corrected chi connectivity index (χ2v) is 7.22. The zero-order valence-electron chi connectivity index (χ0n) is 14.8. The Kier molecular flexibility index (Phi) is 5.86. The van der Waals surface area contributed by atoms with Crippen molar-refractivity contribution in [1.82, 2.24) is 4.90 Å². The maximum atomic E-state index is 12.1. The van der Waals surface area contributed by atoms with E-state index >= 15 is 0 Å². The van der Waals surface area contributed by atoms with Crippen LogP contribution >= 0.6 is 0 Å². The van der Waals surface area contributed by atoms with Gasteiger partial charge in [-0.05, 0) is 57.1 Å². The third kappa shape index (κ3) is 5.42. The summed E-state index contributed by atoms with van der Waals surface area (Å²) >= 11 is 0. The van der Waals surface area contributed by atoms with E-state index in [1.54, 1.807) is 0 Å². The first-order valence-electron chi connectivity index (χ1n) is 8.63. The maximum absolute atomic E-state index is 12.1. The predicted octanol–water partition coefficient (Wildman–Crippen LogP) is 4.91. The summed E-state index contributed by atoms with van der Waals surface area (Å²) < 4.78 is 5.44. The van der Waals surface area contributed by atoms with Gasteiger partial charge in [0.05, 0.1) is 0 Å². The van der Waals surface area contributed by atoms with Gasteiger partial charge in [0, 0.05) is 13.1 Å². The molecule has 1 aliphatic heterocycles. The molecule has 0 N–H and O–H groups in total. The van der Waals surface area contributed by atoms with Crippen molar-refractivity contribution in [2.75, 3.05) is 13.1 Å². The van der Waals surface area contributed by atoms with Gasteiger partial charge in [0.25, 0.3) is 0 Å². The highest BCUT2D eigenvalue weighted by molar-refractivity contribution is 5.68. The molecule has 1 saturated heterocycles. The Morgan fingerprint density at radius 2 is 1.91 bits per heavy atom. The summed E-state index contributed by atoms with van der Waals surface area (Å²) in [6.45, 7) is 9.47.